The summed E-state index contributed by atoms with van der Waals surface area (Å²) in [6, 6.07) is 0.741. The second-order valence-electron chi connectivity index (χ2n) is 4.45. The highest BCUT2D eigenvalue weighted by atomic mass is 32.1. The van der Waals surface area contributed by atoms with E-state index in [-0.39, 0.29) is 11.9 Å². The number of hydrogen-bond donors (Lipinski definition) is 2. The van der Waals surface area contributed by atoms with E-state index in [4.69, 9.17) is 0 Å². The number of amides is 1. The molecule has 2 unspecified atom stereocenters. The molecule has 2 rings (SSSR count). The number of rotatable bonds is 3. The van der Waals surface area contributed by atoms with Gasteiger partial charge < -0.3 is 10.6 Å². The Labute approximate surface area is 105 Å². The van der Waals surface area contributed by atoms with Gasteiger partial charge >= 0.3 is 0 Å². The summed E-state index contributed by atoms with van der Waals surface area (Å²) < 4.78 is 3.84. The van der Waals surface area contributed by atoms with Crippen molar-refractivity contribution in [2.75, 3.05) is 6.54 Å². The van der Waals surface area contributed by atoms with Gasteiger partial charge in [0.05, 0.1) is 5.69 Å². The molecule has 1 fully saturated rings. The minimum absolute atomic E-state index is 0.0176. The number of piperidine rings is 1. The maximum absolute atomic E-state index is 12.1. The highest BCUT2D eigenvalue weighted by Gasteiger charge is 2.22. The molecule has 6 heteroatoms. The first kappa shape index (κ1) is 12.4. The molecule has 1 aromatic rings. The van der Waals surface area contributed by atoms with Crippen LogP contribution in [0.25, 0.3) is 0 Å². The van der Waals surface area contributed by atoms with Crippen molar-refractivity contribution in [3.05, 3.63) is 10.6 Å². The Morgan fingerprint density at radius 3 is 3.18 bits per heavy atom. The monoisotopic (exact) mass is 254 g/mol. The zero-order chi connectivity index (χ0) is 12.3. The van der Waals surface area contributed by atoms with Crippen molar-refractivity contribution in [2.45, 2.75) is 45.2 Å². The standard InChI is InChI=1S/C11H18N4OS/c1-3-9-10(17-15-14-9)11(16)13-8-4-5-12-7(2)6-8/h7-8,12H,3-6H2,1-2H3,(H,13,16). The summed E-state index contributed by atoms with van der Waals surface area (Å²) in [5.41, 5.74) is 0.800. The second kappa shape index (κ2) is 5.55. The molecule has 0 spiro atoms. The molecule has 94 valence electrons. The van der Waals surface area contributed by atoms with Crippen LogP contribution in [0.3, 0.4) is 0 Å². The largest absolute Gasteiger partial charge is 0.348 e. The molecule has 2 atom stereocenters. The molecule has 1 aromatic heterocycles. The van der Waals surface area contributed by atoms with Crippen molar-refractivity contribution in [2.24, 2.45) is 0 Å². The van der Waals surface area contributed by atoms with Crippen molar-refractivity contribution in [3.63, 3.8) is 0 Å². The summed E-state index contributed by atoms with van der Waals surface area (Å²) in [6.07, 6.45) is 2.73. The third-order valence-electron chi connectivity index (χ3n) is 3.06. The number of carbonyl (C=O) groups excluding carboxylic acids is 1. The van der Waals surface area contributed by atoms with Crippen molar-refractivity contribution in [1.29, 1.82) is 0 Å². The van der Waals surface area contributed by atoms with Crippen molar-refractivity contribution in [1.82, 2.24) is 20.2 Å². The topological polar surface area (TPSA) is 66.9 Å². The summed E-state index contributed by atoms with van der Waals surface area (Å²) in [6.45, 7) is 5.10. The van der Waals surface area contributed by atoms with Crippen LogP contribution in [0.5, 0.6) is 0 Å². The highest BCUT2D eigenvalue weighted by Crippen LogP contribution is 2.13. The molecule has 0 radical (unpaired) electrons. The minimum Gasteiger partial charge on any atom is -0.348 e. The van der Waals surface area contributed by atoms with Crippen LogP contribution in [-0.4, -0.2) is 34.1 Å². The van der Waals surface area contributed by atoms with Crippen LogP contribution in [0.1, 0.15) is 42.1 Å². The lowest BCUT2D eigenvalue weighted by Crippen LogP contribution is -2.46. The van der Waals surface area contributed by atoms with Gasteiger partial charge in [-0.2, -0.15) is 0 Å². The molecule has 1 saturated heterocycles. The number of nitrogens with zero attached hydrogens (tertiary/aromatic N) is 2. The molecule has 0 aliphatic carbocycles. The molecule has 0 aromatic carbocycles. The van der Waals surface area contributed by atoms with Crippen LogP contribution in [0, 0.1) is 0 Å². The van der Waals surface area contributed by atoms with Crippen molar-refractivity contribution < 1.29 is 4.79 Å². The number of aromatic nitrogens is 2. The van der Waals surface area contributed by atoms with Gasteiger partial charge in [-0.05, 0) is 44.3 Å². The molecule has 17 heavy (non-hydrogen) atoms. The zero-order valence-corrected chi connectivity index (χ0v) is 11.0. The number of aryl methyl sites for hydroxylation is 1. The minimum atomic E-state index is -0.0176. The van der Waals surface area contributed by atoms with E-state index in [2.05, 4.69) is 27.1 Å². The molecule has 2 heterocycles. The maximum Gasteiger partial charge on any atom is 0.265 e. The first-order valence-electron chi connectivity index (χ1n) is 6.06. The molecule has 5 nitrogen and oxygen atoms in total. The summed E-state index contributed by atoms with van der Waals surface area (Å²) in [5, 5.41) is 10.4. The first-order valence-corrected chi connectivity index (χ1v) is 6.83. The Hall–Kier alpha value is -1.01. The quantitative estimate of drug-likeness (QED) is 0.843. The smallest absolute Gasteiger partial charge is 0.265 e. The third kappa shape index (κ3) is 3.01. The van der Waals surface area contributed by atoms with E-state index in [0.29, 0.717) is 10.9 Å². The van der Waals surface area contributed by atoms with Crippen LogP contribution in [0.4, 0.5) is 0 Å². The molecule has 0 saturated carbocycles. The van der Waals surface area contributed by atoms with E-state index < -0.39 is 0 Å². The maximum atomic E-state index is 12.1. The lowest BCUT2D eigenvalue weighted by molar-refractivity contribution is 0.0928. The Bertz CT molecular complexity index is 393. The molecule has 2 N–H and O–H groups in total. The van der Waals surface area contributed by atoms with Gasteiger partial charge in [-0.25, -0.2) is 0 Å². The van der Waals surface area contributed by atoms with Crippen LogP contribution in [0.15, 0.2) is 0 Å². The molecule has 1 aliphatic rings. The number of hydrogen-bond acceptors (Lipinski definition) is 5. The fraction of sp³-hybridized carbons (Fsp3) is 0.727. The zero-order valence-electron chi connectivity index (χ0n) is 10.2. The molecule has 1 aliphatic heterocycles. The number of carbonyl (C=O) groups is 1. The Kier molecular flexibility index (Phi) is 4.06. The average Bonchev–Trinajstić information content (AvgIpc) is 2.77. The average molecular weight is 254 g/mol. The van der Waals surface area contributed by atoms with Crippen molar-refractivity contribution >= 4 is 17.4 Å². The van der Waals surface area contributed by atoms with Gasteiger partial charge in [0.1, 0.15) is 4.88 Å². The summed E-state index contributed by atoms with van der Waals surface area (Å²) in [5.74, 6) is -0.0176. The normalized spacial score (nSPS) is 24.6. The van der Waals surface area contributed by atoms with E-state index in [9.17, 15) is 4.79 Å². The fourth-order valence-electron chi connectivity index (χ4n) is 2.13. The Morgan fingerprint density at radius 2 is 2.47 bits per heavy atom. The van der Waals surface area contributed by atoms with Crippen LogP contribution >= 0.6 is 11.5 Å². The molecule has 1 amide bonds. The summed E-state index contributed by atoms with van der Waals surface area (Å²) >= 11 is 1.18. The number of nitrogens with one attached hydrogen (secondary N) is 2. The van der Waals surface area contributed by atoms with Gasteiger partial charge in [0.2, 0.25) is 0 Å². The molecule has 0 bridgehead atoms. The van der Waals surface area contributed by atoms with Gasteiger partial charge in [-0.1, -0.05) is 11.4 Å². The van der Waals surface area contributed by atoms with E-state index in [0.717, 1.165) is 31.5 Å². The van der Waals surface area contributed by atoms with Gasteiger partial charge in [0.15, 0.2) is 0 Å². The predicted molar refractivity (Wildman–Crippen MR) is 67.2 cm³/mol. The molecular weight excluding hydrogens is 236 g/mol. The van der Waals surface area contributed by atoms with E-state index in [1.807, 2.05) is 6.92 Å². The van der Waals surface area contributed by atoms with Crippen LogP contribution in [-0.2, 0) is 6.42 Å². The van der Waals surface area contributed by atoms with Crippen molar-refractivity contribution in [3.8, 4) is 0 Å². The Balaban J connectivity index is 1.97. The van der Waals surface area contributed by atoms with E-state index >= 15 is 0 Å². The van der Waals surface area contributed by atoms with Crippen LogP contribution in [0.2, 0.25) is 0 Å². The second-order valence-corrected chi connectivity index (χ2v) is 5.21. The van der Waals surface area contributed by atoms with Crippen LogP contribution < -0.4 is 10.6 Å². The molecular formula is C11H18N4OS. The lowest BCUT2D eigenvalue weighted by Gasteiger charge is -2.28. The summed E-state index contributed by atoms with van der Waals surface area (Å²) in [7, 11) is 0. The van der Waals surface area contributed by atoms with Gasteiger partial charge in [0, 0.05) is 12.1 Å². The third-order valence-corrected chi connectivity index (χ3v) is 3.82. The lowest BCUT2D eigenvalue weighted by atomic mass is 10.0. The van der Waals surface area contributed by atoms with Gasteiger partial charge in [-0.3, -0.25) is 4.79 Å². The summed E-state index contributed by atoms with van der Waals surface area (Å²) in [4.78, 5) is 12.7. The van der Waals surface area contributed by atoms with E-state index in [1.54, 1.807) is 0 Å². The van der Waals surface area contributed by atoms with Gasteiger partial charge in [0.25, 0.3) is 5.91 Å². The SMILES string of the molecule is CCc1nnsc1C(=O)NC1CCNC(C)C1. The Morgan fingerprint density at radius 1 is 1.65 bits per heavy atom. The highest BCUT2D eigenvalue weighted by molar-refractivity contribution is 7.08. The predicted octanol–water partition coefficient (Wildman–Crippen LogP) is 0.971. The van der Waals surface area contributed by atoms with E-state index in [1.165, 1.54) is 11.5 Å². The first-order chi connectivity index (χ1) is 8.20. The van der Waals surface area contributed by atoms with Gasteiger partial charge in [-0.15, -0.1) is 5.10 Å². The fourth-order valence-corrected chi connectivity index (χ4v) is 2.78.